The maximum atomic E-state index is 12.4. The van der Waals surface area contributed by atoms with Crippen LogP contribution in [0.4, 0.5) is 0 Å². The molecule has 5 nitrogen and oxygen atoms in total. The minimum Gasteiger partial charge on any atom is -0.465 e. The molecule has 0 aromatic heterocycles. The Morgan fingerprint density at radius 3 is 2.71 bits per heavy atom. The summed E-state index contributed by atoms with van der Waals surface area (Å²) < 4.78 is 4.82. The molecule has 0 atom stereocenters. The second-order valence-electron chi connectivity index (χ2n) is 4.46. The van der Waals surface area contributed by atoms with Crippen molar-refractivity contribution in [2.75, 3.05) is 26.8 Å². The van der Waals surface area contributed by atoms with Gasteiger partial charge in [0.15, 0.2) is 0 Å². The Bertz CT molecular complexity index is 584. The highest BCUT2D eigenvalue weighted by molar-refractivity contribution is 5.97. The lowest BCUT2D eigenvalue weighted by Crippen LogP contribution is -2.33. The molecule has 0 heterocycles. The summed E-state index contributed by atoms with van der Waals surface area (Å²) in [7, 11) is 1.55. The normalized spacial score (nSPS) is 9.52. The van der Waals surface area contributed by atoms with Gasteiger partial charge in [-0.25, -0.2) is 0 Å². The van der Waals surface area contributed by atoms with Crippen LogP contribution in [0.15, 0.2) is 18.2 Å². The van der Waals surface area contributed by atoms with Gasteiger partial charge in [-0.15, -0.1) is 0 Å². The first-order valence-electron chi connectivity index (χ1n) is 6.61. The third-order valence-electron chi connectivity index (χ3n) is 2.80. The number of amides is 1. The molecule has 5 heteroatoms. The molecule has 0 radical (unpaired) electrons. The van der Waals surface area contributed by atoms with E-state index in [1.165, 1.54) is 4.90 Å². The van der Waals surface area contributed by atoms with Crippen LogP contribution in [0, 0.1) is 18.8 Å². The molecule has 112 valence electrons. The molecule has 0 aliphatic carbocycles. The van der Waals surface area contributed by atoms with Gasteiger partial charge in [0, 0.05) is 18.2 Å². The number of hydrogen-bond acceptors (Lipinski definition) is 4. The quantitative estimate of drug-likeness (QED) is 0.662. The van der Waals surface area contributed by atoms with Gasteiger partial charge in [-0.2, -0.15) is 0 Å². The summed E-state index contributed by atoms with van der Waals surface area (Å²) >= 11 is 0. The molecule has 0 aliphatic rings. The van der Waals surface area contributed by atoms with Gasteiger partial charge in [-0.1, -0.05) is 17.9 Å². The largest absolute Gasteiger partial charge is 0.465 e. The third kappa shape index (κ3) is 4.93. The van der Waals surface area contributed by atoms with E-state index in [4.69, 9.17) is 9.84 Å². The second-order valence-corrected chi connectivity index (χ2v) is 4.46. The number of aliphatic hydroxyl groups excluding tert-OH is 1. The molecule has 21 heavy (non-hydrogen) atoms. The Hall–Kier alpha value is -2.32. The number of carbonyl (C=O) groups is 2. The van der Waals surface area contributed by atoms with Crippen LogP contribution in [-0.4, -0.2) is 48.7 Å². The van der Waals surface area contributed by atoms with Crippen molar-refractivity contribution in [3.05, 3.63) is 34.9 Å². The van der Waals surface area contributed by atoms with Crippen LogP contribution in [0.5, 0.6) is 0 Å². The van der Waals surface area contributed by atoms with Gasteiger partial charge in [0.05, 0.1) is 6.61 Å². The van der Waals surface area contributed by atoms with Crippen LogP contribution in [0.1, 0.15) is 28.4 Å². The van der Waals surface area contributed by atoms with E-state index in [-0.39, 0.29) is 25.7 Å². The smallest absolute Gasteiger partial charge is 0.325 e. The molecular weight excluding hydrogens is 270 g/mol. The molecular formula is C16H19NO4. The first-order valence-corrected chi connectivity index (χ1v) is 6.61. The van der Waals surface area contributed by atoms with Crippen molar-refractivity contribution in [3.8, 4) is 11.8 Å². The number of aliphatic hydroxyl groups is 1. The van der Waals surface area contributed by atoms with Crippen LogP contribution in [0.25, 0.3) is 0 Å². The average molecular weight is 289 g/mol. The standard InChI is InChI=1S/C16H19NO4/c1-4-21-15(19)11-17(3)16(20)14-10-13(6-5-9-18)8-7-12(14)2/h7-8,10,18H,4,9,11H2,1-3H3. The van der Waals surface area contributed by atoms with Crippen molar-refractivity contribution >= 4 is 11.9 Å². The van der Waals surface area contributed by atoms with E-state index in [0.717, 1.165) is 5.56 Å². The van der Waals surface area contributed by atoms with Crippen molar-refractivity contribution in [1.82, 2.24) is 4.90 Å². The number of rotatable bonds is 4. The molecule has 1 rings (SSSR count). The highest BCUT2D eigenvalue weighted by atomic mass is 16.5. The molecule has 0 unspecified atom stereocenters. The van der Waals surface area contributed by atoms with E-state index in [0.29, 0.717) is 11.1 Å². The van der Waals surface area contributed by atoms with Crippen molar-refractivity contribution in [2.45, 2.75) is 13.8 Å². The maximum absolute atomic E-state index is 12.4. The summed E-state index contributed by atoms with van der Waals surface area (Å²) in [5, 5.41) is 8.70. The predicted octanol–water partition coefficient (Wildman–Crippen LogP) is 0.974. The molecule has 1 amide bonds. The molecule has 1 aromatic carbocycles. The number of hydrogen-bond donors (Lipinski definition) is 1. The Kier molecular flexibility index (Phi) is 6.44. The zero-order valence-electron chi connectivity index (χ0n) is 12.5. The Morgan fingerprint density at radius 1 is 1.38 bits per heavy atom. The van der Waals surface area contributed by atoms with Crippen molar-refractivity contribution in [1.29, 1.82) is 0 Å². The fraction of sp³-hybridized carbons (Fsp3) is 0.375. The summed E-state index contributed by atoms with van der Waals surface area (Å²) in [6, 6.07) is 5.22. The van der Waals surface area contributed by atoms with E-state index in [9.17, 15) is 9.59 Å². The van der Waals surface area contributed by atoms with E-state index in [1.54, 1.807) is 32.2 Å². The van der Waals surface area contributed by atoms with Crippen LogP contribution in [0.3, 0.4) is 0 Å². The first kappa shape index (κ1) is 16.7. The lowest BCUT2D eigenvalue weighted by Gasteiger charge is -2.17. The van der Waals surface area contributed by atoms with Gasteiger partial charge in [-0.3, -0.25) is 9.59 Å². The zero-order valence-corrected chi connectivity index (χ0v) is 12.5. The highest BCUT2D eigenvalue weighted by Gasteiger charge is 2.17. The molecule has 0 spiro atoms. The summed E-state index contributed by atoms with van der Waals surface area (Å²) in [5.41, 5.74) is 1.92. The van der Waals surface area contributed by atoms with Crippen molar-refractivity contribution in [3.63, 3.8) is 0 Å². The highest BCUT2D eigenvalue weighted by Crippen LogP contribution is 2.13. The van der Waals surface area contributed by atoms with E-state index in [2.05, 4.69) is 11.8 Å². The molecule has 0 saturated heterocycles. The van der Waals surface area contributed by atoms with Gasteiger partial charge < -0.3 is 14.7 Å². The monoisotopic (exact) mass is 289 g/mol. The van der Waals surface area contributed by atoms with Gasteiger partial charge in [0.2, 0.25) is 0 Å². The number of nitrogens with zero attached hydrogens (tertiary/aromatic N) is 1. The van der Waals surface area contributed by atoms with E-state index >= 15 is 0 Å². The van der Waals surface area contributed by atoms with Crippen molar-refractivity contribution in [2.24, 2.45) is 0 Å². The molecule has 0 bridgehead atoms. The molecule has 0 fully saturated rings. The van der Waals surface area contributed by atoms with Gasteiger partial charge >= 0.3 is 5.97 Å². The van der Waals surface area contributed by atoms with Crippen LogP contribution < -0.4 is 0 Å². The Balaban J connectivity index is 2.92. The first-order chi connectivity index (χ1) is 9.99. The maximum Gasteiger partial charge on any atom is 0.325 e. The lowest BCUT2D eigenvalue weighted by atomic mass is 10.0. The second kappa shape index (κ2) is 8.08. The number of carbonyl (C=O) groups excluding carboxylic acids is 2. The minimum absolute atomic E-state index is 0.0986. The summed E-state index contributed by atoms with van der Waals surface area (Å²) in [6.45, 7) is 3.48. The molecule has 1 aromatic rings. The van der Waals surface area contributed by atoms with Crippen molar-refractivity contribution < 1.29 is 19.4 Å². The Labute approximate surface area is 124 Å². The van der Waals surface area contributed by atoms with Crippen LogP contribution in [0.2, 0.25) is 0 Å². The summed E-state index contributed by atoms with van der Waals surface area (Å²) in [4.78, 5) is 25.1. The van der Waals surface area contributed by atoms with Gasteiger partial charge in [0.1, 0.15) is 13.2 Å². The lowest BCUT2D eigenvalue weighted by molar-refractivity contribution is -0.143. The number of ether oxygens (including phenoxy) is 1. The number of likely N-dealkylation sites (N-methyl/N-ethyl adjacent to an activating group) is 1. The van der Waals surface area contributed by atoms with Crippen LogP contribution in [-0.2, 0) is 9.53 Å². The molecule has 0 aliphatic heterocycles. The fourth-order valence-electron chi connectivity index (χ4n) is 1.75. The number of esters is 1. The average Bonchev–Trinajstić information content (AvgIpc) is 2.45. The SMILES string of the molecule is CCOC(=O)CN(C)C(=O)c1cc(C#CCO)ccc1C. The Morgan fingerprint density at radius 2 is 2.10 bits per heavy atom. The van der Waals surface area contributed by atoms with Gasteiger partial charge in [0.25, 0.3) is 5.91 Å². The summed E-state index contributed by atoms with van der Waals surface area (Å²) in [6.07, 6.45) is 0. The topological polar surface area (TPSA) is 66.8 Å². The molecule has 0 saturated carbocycles. The molecule has 1 N–H and O–H groups in total. The number of benzene rings is 1. The zero-order chi connectivity index (χ0) is 15.8. The van der Waals surface area contributed by atoms with Crippen LogP contribution >= 0.6 is 0 Å². The van der Waals surface area contributed by atoms with E-state index < -0.39 is 5.97 Å². The fourth-order valence-corrected chi connectivity index (χ4v) is 1.75. The minimum atomic E-state index is -0.442. The van der Waals surface area contributed by atoms with Gasteiger partial charge in [-0.05, 0) is 31.5 Å². The van der Waals surface area contributed by atoms with E-state index in [1.807, 2.05) is 6.92 Å². The predicted molar refractivity (Wildman–Crippen MR) is 78.7 cm³/mol. The summed E-state index contributed by atoms with van der Waals surface area (Å²) in [5.74, 6) is 4.58. The third-order valence-corrected chi connectivity index (χ3v) is 2.80. The number of aryl methyl sites for hydroxylation is 1.